The molecule has 144 valence electrons. The van der Waals surface area contributed by atoms with E-state index in [9.17, 15) is 22.8 Å². The molecule has 1 aliphatic heterocycles. The number of carbonyl (C=O) groups excluding carboxylic acids is 1. The van der Waals surface area contributed by atoms with Crippen LogP contribution in [0.15, 0.2) is 41.3 Å². The van der Waals surface area contributed by atoms with Gasteiger partial charge in [0.25, 0.3) is 11.5 Å². The van der Waals surface area contributed by atoms with E-state index in [-0.39, 0.29) is 17.7 Å². The summed E-state index contributed by atoms with van der Waals surface area (Å²) in [5.74, 6) is -0.734. The molecule has 9 heteroatoms. The number of nitrogens with zero attached hydrogens (tertiary/aromatic N) is 1. The van der Waals surface area contributed by atoms with Crippen LogP contribution in [0.5, 0.6) is 0 Å². The minimum atomic E-state index is -4.56. The van der Waals surface area contributed by atoms with Crippen LogP contribution in [0.3, 0.4) is 0 Å². The number of rotatable bonds is 4. The van der Waals surface area contributed by atoms with E-state index in [1.165, 1.54) is 24.4 Å². The van der Waals surface area contributed by atoms with Crippen LogP contribution in [0.1, 0.15) is 21.5 Å². The van der Waals surface area contributed by atoms with Gasteiger partial charge >= 0.3 is 6.18 Å². The second-order valence-corrected chi connectivity index (χ2v) is 6.03. The molecule has 1 aliphatic rings. The van der Waals surface area contributed by atoms with Gasteiger partial charge in [-0.05, 0) is 29.8 Å². The van der Waals surface area contributed by atoms with Crippen molar-refractivity contribution in [2.24, 2.45) is 0 Å². The van der Waals surface area contributed by atoms with Crippen LogP contribution in [0.25, 0.3) is 0 Å². The first-order valence-electron chi connectivity index (χ1n) is 8.35. The molecule has 1 aromatic heterocycles. The molecule has 0 unspecified atom stereocenters. The van der Waals surface area contributed by atoms with E-state index in [1.54, 1.807) is 6.07 Å². The third-order valence-corrected chi connectivity index (χ3v) is 4.28. The largest absolute Gasteiger partial charge is 0.416 e. The first-order chi connectivity index (χ1) is 12.9. The number of hydrogen-bond donors (Lipinski definition) is 2. The maximum absolute atomic E-state index is 13.5. The van der Waals surface area contributed by atoms with Crippen LogP contribution >= 0.6 is 0 Å². The van der Waals surface area contributed by atoms with Crippen molar-refractivity contribution in [3.05, 3.63) is 63.6 Å². The van der Waals surface area contributed by atoms with Gasteiger partial charge in [0.2, 0.25) is 0 Å². The Bertz CT molecular complexity index is 874. The minimum absolute atomic E-state index is 0.0692. The van der Waals surface area contributed by atoms with Gasteiger partial charge in [-0.2, -0.15) is 13.2 Å². The molecule has 27 heavy (non-hydrogen) atoms. The standard InChI is InChI=1S/C18H18F3N3O3/c19-18(20,21)15-10-13(24-6-8-27-9-7-24)4-3-12(15)11-23-17(26)14-2-1-5-22-16(14)25/h1-5,10H,6-9,11H2,(H,22,25)(H,23,26). The normalized spacial score (nSPS) is 14.9. The number of benzene rings is 1. The molecule has 0 saturated carbocycles. The second kappa shape index (κ2) is 7.83. The Labute approximate surface area is 152 Å². The molecule has 6 nitrogen and oxygen atoms in total. The fourth-order valence-corrected chi connectivity index (χ4v) is 2.87. The Morgan fingerprint density at radius 1 is 1.22 bits per heavy atom. The summed E-state index contributed by atoms with van der Waals surface area (Å²) in [6.45, 7) is 1.62. The number of nitrogens with one attached hydrogen (secondary N) is 2. The van der Waals surface area contributed by atoms with E-state index >= 15 is 0 Å². The van der Waals surface area contributed by atoms with Gasteiger partial charge < -0.3 is 19.9 Å². The molecule has 0 radical (unpaired) electrons. The zero-order valence-electron chi connectivity index (χ0n) is 14.3. The van der Waals surface area contributed by atoms with E-state index < -0.39 is 23.2 Å². The lowest BCUT2D eigenvalue weighted by Gasteiger charge is -2.29. The Balaban J connectivity index is 1.81. The number of ether oxygens (including phenoxy) is 1. The molecule has 1 fully saturated rings. The molecule has 2 heterocycles. The number of hydrogen-bond acceptors (Lipinski definition) is 4. The van der Waals surface area contributed by atoms with E-state index in [1.807, 2.05) is 4.90 Å². The second-order valence-electron chi connectivity index (χ2n) is 6.03. The predicted octanol–water partition coefficient (Wildman–Crippen LogP) is 2.16. The van der Waals surface area contributed by atoms with Crippen LogP contribution < -0.4 is 15.8 Å². The molecular formula is C18H18F3N3O3. The Hall–Kier alpha value is -2.81. The molecule has 0 atom stereocenters. The van der Waals surface area contributed by atoms with Crippen LogP contribution in [0.2, 0.25) is 0 Å². The summed E-state index contributed by atoms with van der Waals surface area (Å²) in [7, 11) is 0. The highest BCUT2D eigenvalue weighted by Gasteiger charge is 2.34. The average Bonchev–Trinajstić information content (AvgIpc) is 2.66. The van der Waals surface area contributed by atoms with Crippen molar-refractivity contribution in [3.63, 3.8) is 0 Å². The maximum atomic E-state index is 13.5. The smallest absolute Gasteiger partial charge is 0.378 e. The van der Waals surface area contributed by atoms with Crippen LogP contribution in [0, 0.1) is 0 Å². The topological polar surface area (TPSA) is 74.4 Å². The number of aromatic nitrogens is 1. The molecule has 2 N–H and O–H groups in total. The van der Waals surface area contributed by atoms with Crippen molar-refractivity contribution in [2.75, 3.05) is 31.2 Å². The number of halogens is 3. The fourth-order valence-electron chi connectivity index (χ4n) is 2.87. The highest BCUT2D eigenvalue weighted by molar-refractivity contribution is 5.93. The van der Waals surface area contributed by atoms with Gasteiger partial charge in [-0.25, -0.2) is 0 Å². The number of aromatic amines is 1. The zero-order valence-corrected chi connectivity index (χ0v) is 14.3. The molecule has 0 bridgehead atoms. The van der Waals surface area contributed by atoms with E-state index in [2.05, 4.69) is 10.3 Å². The van der Waals surface area contributed by atoms with Crippen molar-refractivity contribution in [1.29, 1.82) is 0 Å². The number of carbonyl (C=O) groups is 1. The number of pyridine rings is 1. The van der Waals surface area contributed by atoms with Crippen LogP contribution in [0.4, 0.5) is 18.9 Å². The van der Waals surface area contributed by atoms with E-state index in [4.69, 9.17) is 4.74 Å². The number of morpholine rings is 1. The summed E-state index contributed by atoms with van der Waals surface area (Å²) in [6, 6.07) is 6.80. The van der Waals surface area contributed by atoms with Gasteiger partial charge in [0.05, 0.1) is 18.8 Å². The highest BCUT2D eigenvalue weighted by Crippen LogP contribution is 2.35. The molecule has 3 rings (SSSR count). The molecule has 1 saturated heterocycles. The van der Waals surface area contributed by atoms with Crippen molar-refractivity contribution in [2.45, 2.75) is 12.7 Å². The van der Waals surface area contributed by atoms with Crippen LogP contribution in [-0.4, -0.2) is 37.2 Å². The van der Waals surface area contributed by atoms with Gasteiger partial charge in [-0.1, -0.05) is 6.07 Å². The number of anilines is 1. The number of H-pyrrole nitrogens is 1. The quantitative estimate of drug-likeness (QED) is 0.851. The number of alkyl halides is 3. The first kappa shape index (κ1) is 19.0. The zero-order chi connectivity index (χ0) is 19.4. The Morgan fingerprint density at radius 3 is 2.63 bits per heavy atom. The summed E-state index contributed by atoms with van der Waals surface area (Å²) in [4.78, 5) is 27.9. The van der Waals surface area contributed by atoms with Gasteiger partial charge in [0.15, 0.2) is 0 Å². The Morgan fingerprint density at radius 2 is 1.96 bits per heavy atom. The molecule has 2 aromatic rings. The third-order valence-electron chi connectivity index (χ3n) is 4.28. The lowest BCUT2D eigenvalue weighted by molar-refractivity contribution is -0.138. The number of amides is 1. The van der Waals surface area contributed by atoms with Gasteiger partial charge in [0, 0.05) is 31.5 Å². The SMILES string of the molecule is O=C(NCc1ccc(N2CCOCC2)cc1C(F)(F)F)c1ccc[nH]c1=O. The average molecular weight is 381 g/mol. The minimum Gasteiger partial charge on any atom is -0.378 e. The molecule has 0 aliphatic carbocycles. The summed E-state index contributed by atoms with van der Waals surface area (Å²) >= 11 is 0. The summed E-state index contributed by atoms with van der Waals surface area (Å²) in [5.41, 5.74) is -1.18. The summed E-state index contributed by atoms with van der Waals surface area (Å²) in [5, 5.41) is 2.38. The monoisotopic (exact) mass is 381 g/mol. The molecule has 1 amide bonds. The molecular weight excluding hydrogens is 363 g/mol. The third kappa shape index (κ3) is 4.48. The Kier molecular flexibility index (Phi) is 5.50. The van der Waals surface area contributed by atoms with Crippen molar-refractivity contribution < 1.29 is 22.7 Å². The summed E-state index contributed by atoms with van der Waals surface area (Å²) in [6.07, 6.45) is -3.20. The van der Waals surface area contributed by atoms with E-state index in [0.29, 0.717) is 32.0 Å². The van der Waals surface area contributed by atoms with E-state index in [0.717, 1.165) is 6.07 Å². The lowest BCUT2D eigenvalue weighted by atomic mass is 10.0. The van der Waals surface area contributed by atoms with Crippen molar-refractivity contribution >= 4 is 11.6 Å². The maximum Gasteiger partial charge on any atom is 0.416 e. The summed E-state index contributed by atoms with van der Waals surface area (Å²) < 4.78 is 45.7. The predicted molar refractivity (Wildman–Crippen MR) is 92.7 cm³/mol. The molecule has 0 spiro atoms. The molecule has 1 aromatic carbocycles. The fraction of sp³-hybridized carbons (Fsp3) is 0.333. The first-order valence-corrected chi connectivity index (χ1v) is 8.35. The lowest BCUT2D eigenvalue weighted by Crippen LogP contribution is -2.36. The van der Waals surface area contributed by atoms with Gasteiger partial charge in [0.1, 0.15) is 5.56 Å². The van der Waals surface area contributed by atoms with Gasteiger partial charge in [-0.3, -0.25) is 9.59 Å². The van der Waals surface area contributed by atoms with Crippen molar-refractivity contribution in [3.8, 4) is 0 Å². The highest BCUT2D eigenvalue weighted by atomic mass is 19.4. The van der Waals surface area contributed by atoms with Crippen LogP contribution in [-0.2, 0) is 17.5 Å². The van der Waals surface area contributed by atoms with Crippen molar-refractivity contribution in [1.82, 2.24) is 10.3 Å². The van der Waals surface area contributed by atoms with Gasteiger partial charge in [-0.15, -0.1) is 0 Å².